The largest absolute Gasteiger partial charge is 0.534 e. The highest BCUT2D eigenvalue weighted by atomic mass is 32.2. The molecule has 1 atom stereocenters. The van der Waals surface area contributed by atoms with Crippen molar-refractivity contribution in [3.63, 3.8) is 0 Å². The number of allylic oxidation sites excluding steroid dienone is 1. The summed E-state index contributed by atoms with van der Waals surface area (Å²) < 4.78 is 68.7. The summed E-state index contributed by atoms with van der Waals surface area (Å²) in [5, 5.41) is 2.33. The molecule has 0 aliphatic heterocycles. The average molecular weight is 371 g/mol. The van der Waals surface area contributed by atoms with Gasteiger partial charge in [0.05, 0.1) is 17.7 Å². The zero-order valence-corrected chi connectivity index (χ0v) is 13.4. The quantitative estimate of drug-likeness (QED) is 0.460. The third kappa shape index (κ3) is 3.83. The minimum atomic E-state index is -5.85. The lowest BCUT2D eigenvalue weighted by molar-refractivity contribution is -0.136. The van der Waals surface area contributed by atoms with Crippen molar-refractivity contribution in [2.75, 3.05) is 7.11 Å². The Morgan fingerprint density at radius 1 is 1.43 bits per heavy atom. The molecule has 128 valence electrons. The van der Waals surface area contributed by atoms with E-state index in [1.54, 1.807) is 5.38 Å². The van der Waals surface area contributed by atoms with E-state index in [9.17, 15) is 26.4 Å². The molecule has 1 aromatic rings. The van der Waals surface area contributed by atoms with Crippen LogP contribution in [0.2, 0.25) is 0 Å². The van der Waals surface area contributed by atoms with Gasteiger partial charge in [-0.05, 0) is 12.8 Å². The van der Waals surface area contributed by atoms with Crippen LogP contribution in [0, 0.1) is 0 Å². The molecule has 11 heteroatoms. The van der Waals surface area contributed by atoms with E-state index in [0.29, 0.717) is 11.4 Å². The van der Waals surface area contributed by atoms with Crippen molar-refractivity contribution in [1.29, 1.82) is 0 Å². The van der Waals surface area contributed by atoms with Crippen LogP contribution >= 0.6 is 11.3 Å². The molecule has 0 amide bonds. The molecule has 0 saturated carbocycles. The van der Waals surface area contributed by atoms with Crippen LogP contribution in [0.3, 0.4) is 0 Å². The Labute approximate surface area is 134 Å². The van der Waals surface area contributed by atoms with Crippen molar-refractivity contribution in [2.24, 2.45) is 0 Å². The van der Waals surface area contributed by atoms with Gasteiger partial charge in [0.1, 0.15) is 5.76 Å². The number of methoxy groups -OCH3 is 1. The summed E-state index contributed by atoms with van der Waals surface area (Å²) in [4.78, 5) is 15.7. The highest BCUT2D eigenvalue weighted by Crippen LogP contribution is 2.40. The van der Waals surface area contributed by atoms with Gasteiger partial charge in [-0.3, -0.25) is 0 Å². The highest BCUT2D eigenvalue weighted by molar-refractivity contribution is 7.87. The molecule has 1 aliphatic carbocycles. The molecular formula is C12H12F3NO5S2. The number of rotatable bonds is 4. The SMILES string of the molecule is COC(=O)C1=C(OS(=O)(=O)C(F)(F)F)CC(c2nccs2)CC1. The van der Waals surface area contributed by atoms with E-state index in [-0.39, 0.29) is 24.3 Å². The van der Waals surface area contributed by atoms with E-state index in [2.05, 4.69) is 13.9 Å². The second-order valence-corrected chi connectivity index (χ2v) is 7.15. The Bertz CT molecular complexity index is 710. The summed E-state index contributed by atoms with van der Waals surface area (Å²) in [6.07, 6.45) is 1.83. The Balaban J connectivity index is 2.35. The summed E-state index contributed by atoms with van der Waals surface area (Å²) in [6.45, 7) is 0. The number of alkyl halides is 3. The fourth-order valence-electron chi connectivity index (χ4n) is 2.16. The Kier molecular flexibility index (Phi) is 4.99. The molecule has 0 fully saturated rings. The van der Waals surface area contributed by atoms with Crippen LogP contribution in [0.15, 0.2) is 22.9 Å². The van der Waals surface area contributed by atoms with Crippen LogP contribution in [0.4, 0.5) is 13.2 Å². The smallest absolute Gasteiger partial charge is 0.466 e. The summed E-state index contributed by atoms with van der Waals surface area (Å²) in [5.74, 6) is -1.77. The van der Waals surface area contributed by atoms with Gasteiger partial charge in [-0.1, -0.05) is 0 Å². The van der Waals surface area contributed by atoms with Crippen molar-refractivity contribution in [3.8, 4) is 0 Å². The first-order chi connectivity index (χ1) is 10.7. The summed E-state index contributed by atoms with van der Waals surface area (Å²) >= 11 is 1.29. The van der Waals surface area contributed by atoms with E-state index in [1.807, 2.05) is 0 Å². The second-order valence-electron chi connectivity index (χ2n) is 4.69. The lowest BCUT2D eigenvalue weighted by Crippen LogP contribution is -2.28. The first kappa shape index (κ1) is 17.7. The predicted molar refractivity (Wildman–Crippen MR) is 73.8 cm³/mol. The predicted octanol–water partition coefficient (Wildman–Crippen LogP) is 2.70. The van der Waals surface area contributed by atoms with Crippen molar-refractivity contribution in [1.82, 2.24) is 4.98 Å². The minimum absolute atomic E-state index is 0.0413. The van der Waals surface area contributed by atoms with E-state index >= 15 is 0 Å². The van der Waals surface area contributed by atoms with E-state index in [1.165, 1.54) is 17.5 Å². The minimum Gasteiger partial charge on any atom is -0.466 e. The fourth-order valence-corrected chi connectivity index (χ4v) is 3.46. The maximum Gasteiger partial charge on any atom is 0.534 e. The molecule has 2 rings (SSSR count). The maximum atomic E-state index is 12.5. The third-order valence-corrected chi connectivity index (χ3v) is 5.16. The van der Waals surface area contributed by atoms with Crippen molar-refractivity contribution >= 4 is 27.4 Å². The number of esters is 1. The molecular weight excluding hydrogens is 359 g/mol. The number of ether oxygens (including phenoxy) is 1. The van der Waals surface area contributed by atoms with Gasteiger partial charge in [0, 0.05) is 23.9 Å². The van der Waals surface area contributed by atoms with Gasteiger partial charge in [-0.15, -0.1) is 11.3 Å². The van der Waals surface area contributed by atoms with Gasteiger partial charge in [0.15, 0.2) is 0 Å². The van der Waals surface area contributed by atoms with E-state index in [4.69, 9.17) is 0 Å². The molecule has 0 bridgehead atoms. The van der Waals surface area contributed by atoms with E-state index < -0.39 is 27.4 Å². The van der Waals surface area contributed by atoms with E-state index in [0.717, 1.165) is 7.11 Å². The molecule has 1 heterocycles. The maximum absolute atomic E-state index is 12.5. The summed E-state index contributed by atoms with van der Waals surface area (Å²) in [7, 11) is -4.79. The van der Waals surface area contributed by atoms with Crippen LogP contribution in [0.1, 0.15) is 30.2 Å². The average Bonchev–Trinajstić information content (AvgIpc) is 2.99. The van der Waals surface area contributed by atoms with Gasteiger partial charge < -0.3 is 8.92 Å². The number of carbonyl (C=O) groups is 1. The molecule has 23 heavy (non-hydrogen) atoms. The number of halogens is 3. The number of aromatic nitrogens is 1. The zero-order chi connectivity index (χ0) is 17.3. The number of hydrogen-bond acceptors (Lipinski definition) is 7. The van der Waals surface area contributed by atoms with Crippen LogP contribution in [-0.2, 0) is 23.8 Å². The van der Waals surface area contributed by atoms with Crippen LogP contribution < -0.4 is 0 Å². The second kappa shape index (κ2) is 6.48. The molecule has 1 aliphatic rings. The van der Waals surface area contributed by atoms with Gasteiger partial charge in [-0.25, -0.2) is 9.78 Å². The van der Waals surface area contributed by atoms with Gasteiger partial charge in [-0.2, -0.15) is 21.6 Å². The van der Waals surface area contributed by atoms with Crippen molar-refractivity contribution in [2.45, 2.75) is 30.7 Å². The van der Waals surface area contributed by atoms with Crippen LogP contribution in [0.5, 0.6) is 0 Å². The monoisotopic (exact) mass is 371 g/mol. The number of hydrogen-bond donors (Lipinski definition) is 0. The summed E-state index contributed by atoms with van der Waals surface area (Å²) in [6, 6.07) is 0. The molecule has 0 spiro atoms. The first-order valence-electron chi connectivity index (χ1n) is 6.36. The summed E-state index contributed by atoms with van der Waals surface area (Å²) in [5.41, 5.74) is -5.77. The molecule has 0 saturated heterocycles. The molecule has 6 nitrogen and oxygen atoms in total. The number of carbonyl (C=O) groups excluding carboxylic acids is 1. The fraction of sp³-hybridized carbons (Fsp3) is 0.500. The van der Waals surface area contributed by atoms with Crippen molar-refractivity contribution < 1.29 is 35.3 Å². The third-order valence-electron chi connectivity index (χ3n) is 3.24. The molecule has 0 aromatic carbocycles. The van der Waals surface area contributed by atoms with Crippen LogP contribution in [0.25, 0.3) is 0 Å². The standard InChI is InChI=1S/C12H12F3NO5S2/c1-20-11(17)8-3-2-7(10-16-4-5-22-10)6-9(8)21-23(18,19)12(13,14)15/h4-5,7H,2-3,6H2,1H3. The Hall–Kier alpha value is -1.62. The zero-order valence-electron chi connectivity index (χ0n) is 11.8. The Morgan fingerprint density at radius 3 is 2.65 bits per heavy atom. The highest BCUT2D eigenvalue weighted by Gasteiger charge is 2.49. The molecule has 0 radical (unpaired) electrons. The van der Waals surface area contributed by atoms with Crippen molar-refractivity contribution in [3.05, 3.63) is 27.9 Å². The number of nitrogens with zero attached hydrogens (tertiary/aromatic N) is 1. The number of thiazole rings is 1. The lowest BCUT2D eigenvalue weighted by Gasteiger charge is -2.24. The van der Waals surface area contributed by atoms with Gasteiger partial charge in [0.25, 0.3) is 0 Å². The van der Waals surface area contributed by atoms with Gasteiger partial charge >= 0.3 is 21.6 Å². The lowest BCUT2D eigenvalue weighted by atomic mass is 9.88. The molecule has 1 unspecified atom stereocenters. The molecule has 0 N–H and O–H groups in total. The topological polar surface area (TPSA) is 82.6 Å². The normalized spacial score (nSPS) is 19.6. The van der Waals surface area contributed by atoms with Crippen LogP contribution in [-0.4, -0.2) is 32.0 Å². The Morgan fingerprint density at radius 2 is 2.13 bits per heavy atom. The van der Waals surface area contributed by atoms with Gasteiger partial charge in [0.2, 0.25) is 0 Å². The molecule has 1 aromatic heterocycles. The first-order valence-corrected chi connectivity index (χ1v) is 8.65.